The number of hydrogen-bond acceptors (Lipinski definition) is 5. The van der Waals surface area contributed by atoms with Gasteiger partial charge in [-0.3, -0.25) is 9.59 Å². The van der Waals surface area contributed by atoms with Crippen molar-refractivity contribution in [3.63, 3.8) is 0 Å². The summed E-state index contributed by atoms with van der Waals surface area (Å²) in [6.45, 7) is -0.565. The van der Waals surface area contributed by atoms with Crippen molar-refractivity contribution in [1.82, 2.24) is 0 Å². The molecule has 0 radical (unpaired) electrons. The number of carbonyl (C=O) groups is 3. The summed E-state index contributed by atoms with van der Waals surface area (Å²) in [4.78, 5) is 35.7. The van der Waals surface area contributed by atoms with Crippen LogP contribution >= 0.6 is 0 Å². The maximum atomic E-state index is 13.5. The van der Waals surface area contributed by atoms with Gasteiger partial charge in [-0.15, -0.1) is 0 Å². The predicted octanol–water partition coefficient (Wildman–Crippen LogP) is 3.47. The SMILES string of the molecule is O=C(COC(=O)c1ccc(NC(=O)c2ccco2)cc1)Nc1ccccc1F. The van der Waals surface area contributed by atoms with Crippen molar-refractivity contribution >= 4 is 29.2 Å². The standard InChI is InChI=1S/C20H15FN2O5/c21-15-4-1-2-5-16(15)23-18(24)12-28-20(26)13-7-9-14(10-8-13)22-19(25)17-6-3-11-27-17/h1-11H,12H2,(H,22,25)(H,23,24). The van der Waals surface area contributed by atoms with Crippen LogP contribution in [0.15, 0.2) is 71.3 Å². The summed E-state index contributed by atoms with van der Waals surface area (Å²) in [6.07, 6.45) is 1.39. The second kappa shape index (κ2) is 8.63. The average Bonchev–Trinajstić information content (AvgIpc) is 3.23. The molecule has 3 aromatic rings. The van der Waals surface area contributed by atoms with Crippen molar-refractivity contribution in [3.8, 4) is 0 Å². The molecule has 0 aliphatic carbocycles. The van der Waals surface area contributed by atoms with Gasteiger partial charge in [0.25, 0.3) is 11.8 Å². The lowest BCUT2D eigenvalue weighted by Crippen LogP contribution is -2.21. The molecule has 1 heterocycles. The molecular weight excluding hydrogens is 367 g/mol. The van der Waals surface area contributed by atoms with Crippen molar-refractivity contribution in [2.24, 2.45) is 0 Å². The summed E-state index contributed by atoms with van der Waals surface area (Å²) < 4.78 is 23.4. The Bertz CT molecular complexity index is 984. The molecule has 3 rings (SSSR count). The number of rotatable bonds is 6. The molecule has 0 atom stereocenters. The summed E-state index contributed by atoms with van der Waals surface area (Å²) in [5.74, 6) is -2.25. The van der Waals surface area contributed by atoms with Crippen LogP contribution in [0.5, 0.6) is 0 Å². The number of anilines is 2. The van der Waals surface area contributed by atoms with Gasteiger partial charge in [-0.25, -0.2) is 9.18 Å². The fourth-order valence-corrected chi connectivity index (χ4v) is 2.25. The summed E-state index contributed by atoms with van der Waals surface area (Å²) >= 11 is 0. The third-order valence-corrected chi connectivity index (χ3v) is 3.61. The molecule has 142 valence electrons. The molecule has 2 aromatic carbocycles. The summed E-state index contributed by atoms with van der Waals surface area (Å²) in [7, 11) is 0. The van der Waals surface area contributed by atoms with Crippen LogP contribution < -0.4 is 10.6 Å². The van der Waals surface area contributed by atoms with E-state index in [-0.39, 0.29) is 17.0 Å². The lowest BCUT2D eigenvalue weighted by molar-refractivity contribution is -0.119. The Balaban J connectivity index is 1.51. The zero-order chi connectivity index (χ0) is 19.9. The molecule has 0 unspecified atom stereocenters. The maximum Gasteiger partial charge on any atom is 0.338 e. The number of benzene rings is 2. The molecule has 0 spiro atoms. The van der Waals surface area contributed by atoms with E-state index in [4.69, 9.17) is 9.15 Å². The predicted molar refractivity (Wildman–Crippen MR) is 98.4 cm³/mol. The van der Waals surface area contributed by atoms with Crippen LogP contribution in [0, 0.1) is 5.82 Å². The number of ether oxygens (including phenoxy) is 1. The fraction of sp³-hybridized carbons (Fsp3) is 0.0500. The third-order valence-electron chi connectivity index (χ3n) is 3.61. The Morgan fingerprint density at radius 3 is 2.36 bits per heavy atom. The van der Waals surface area contributed by atoms with Gasteiger partial charge >= 0.3 is 5.97 Å². The van der Waals surface area contributed by atoms with Gasteiger partial charge < -0.3 is 19.8 Å². The molecule has 8 heteroatoms. The highest BCUT2D eigenvalue weighted by atomic mass is 19.1. The Morgan fingerprint density at radius 2 is 1.68 bits per heavy atom. The van der Waals surface area contributed by atoms with Crippen LogP contribution in [-0.4, -0.2) is 24.4 Å². The molecule has 0 saturated heterocycles. The first kappa shape index (κ1) is 18.8. The number of carbonyl (C=O) groups excluding carboxylic acids is 3. The summed E-state index contributed by atoms with van der Waals surface area (Å²) in [5.41, 5.74) is 0.644. The third kappa shape index (κ3) is 4.82. The van der Waals surface area contributed by atoms with E-state index in [9.17, 15) is 18.8 Å². The molecule has 1 aromatic heterocycles. The highest BCUT2D eigenvalue weighted by Crippen LogP contribution is 2.14. The molecular formula is C20H15FN2O5. The van der Waals surface area contributed by atoms with Gasteiger partial charge in [-0.1, -0.05) is 12.1 Å². The van der Waals surface area contributed by atoms with E-state index in [1.807, 2.05) is 0 Å². The smallest absolute Gasteiger partial charge is 0.338 e. The van der Waals surface area contributed by atoms with Crippen molar-refractivity contribution in [2.45, 2.75) is 0 Å². The van der Waals surface area contributed by atoms with Crippen LogP contribution in [0.1, 0.15) is 20.9 Å². The van der Waals surface area contributed by atoms with E-state index in [0.717, 1.165) is 0 Å². The van der Waals surface area contributed by atoms with Crippen molar-refractivity contribution in [2.75, 3.05) is 17.2 Å². The fourth-order valence-electron chi connectivity index (χ4n) is 2.25. The summed E-state index contributed by atoms with van der Waals surface area (Å²) in [5, 5.41) is 4.92. The quantitative estimate of drug-likeness (QED) is 0.636. The van der Waals surface area contributed by atoms with E-state index >= 15 is 0 Å². The Hall–Kier alpha value is -3.94. The molecule has 7 nitrogen and oxygen atoms in total. The van der Waals surface area contributed by atoms with E-state index < -0.39 is 30.2 Å². The number of nitrogens with one attached hydrogen (secondary N) is 2. The largest absolute Gasteiger partial charge is 0.459 e. The molecule has 28 heavy (non-hydrogen) atoms. The van der Waals surface area contributed by atoms with E-state index in [1.54, 1.807) is 12.1 Å². The zero-order valence-electron chi connectivity index (χ0n) is 14.5. The van der Waals surface area contributed by atoms with Gasteiger partial charge in [0.1, 0.15) is 5.82 Å². The number of para-hydroxylation sites is 1. The van der Waals surface area contributed by atoms with Gasteiger partial charge in [0.15, 0.2) is 12.4 Å². The van der Waals surface area contributed by atoms with Crippen molar-refractivity contribution < 1.29 is 27.9 Å². The molecule has 0 aliphatic heterocycles. The highest BCUT2D eigenvalue weighted by Gasteiger charge is 2.13. The van der Waals surface area contributed by atoms with E-state index in [0.29, 0.717) is 5.69 Å². The number of hydrogen-bond donors (Lipinski definition) is 2. The second-order valence-corrected chi connectivity index (χ2v) is 5.61. The number of amides is 2. The molecule has 0 bridgehead atoms. The molecule has 0 aliphatic rings. The number of esters is 1. The van der Waals surface area contributed by atoms with Crippen LogP contribution in [0.4, 0.5) is 15.8 Å². The van der Waals surface area contributed by atoms with Crippen LogP contribution in [0.25, 0.3) is 0 Å². The van der Waals surface area contributed by atoms with Gasteiger partial charge in [-0.05, 0) is 48.5 Å². The molecule has 0 fully saturated rings. The van der Waals surface area contributed by atoms with E-state index in [2.05, 4.69) is 10.6 Å². The minimum atomic E-state index is -0.729. The zero-order valence-corrected chi connectivity index (χ0v) is 14.5. The summed E-state index contributed by atoms with van der Waals surface area (Å²) in [6, 6.07) is 14.7. The maximum absolute atomic E-state index is 13.5. The lowest BCUT2D eigenvalue weighted by Gasteiger charge is -2.08. The average molecular weight is 382 g/mol. The van der Waals surface area contributed by atoms with Crippen LogP contribution in [0.3, 0.4) is 0 Å². The molecule has 2 N–H and O–H groups in total. The van der Waals surface area contributed by atoms with Crippen LogP contribution in [0.2, 0.25) is 0 Å². The lowest BCUT2D eigenvalue weighted by atomic mass is 10.2. The molecule has 2 amide bonds. The minimum Gasteiger partial charge on any atom is -0.459 e. The Labute approximate surface area is 159 Å². The number of halogens is 1. The Morgan fingerprint density at radius 1 is 0.929 bits per heavy atom. The van der Waals surface area contributed by atoms with E-state index in [1.165, 1.54) is 54.8 Å². The van der Waals surface area contributed by atoms with Gasteiger partial charge in [-0.2, -0.15) is 0 Å². The van der Waals surface area contributed by atoms with Gasteiger partial charge in [0, 0.05) is 5.69 Å². The monoisotopic (exact) mass is 382 g/mol. The normalized spacial score (nSPS) is 10.2. The minimum absolute atomic E-state index is 0.000186. The first-order valence-corrected chi connectivity index (χ1v) is 8.19. The van der Waals surface area contributed by atoms with Crippen LogP contribution in [-0.2, 0) is 9.53 Å². The van der Waals surface area contributed by atoms with Gasteiger partial charge in [0.2, 0.25) is 0 Å². The number of furan rings is 1. The first-order chi connectivity index (χ1) is 13.5. The topological polar surface area (TPSA) is 97.6 Å². The molecule has 0 saturated carbocycles. The Kier molecular flexibility index (Phi) is 5.81. The van der Waals surface area contributed by atoms with Crippen molar-refractivity contribution in [3.05, 3.63) is 84.1 Å². The second-order valence-electron chi connectivity index (χ2n) is 5.61. The van der Waals surface area contributed by atoms with Crippen molar-refractivity contribution in [1.29, 1.82) is 0 Å². The highest BCUT2D eigenvalue weighted by molar-refractivity contribution is 6.02. The first-order valence-electron chi connectivity index (χ1n) is 8.19. The van der Waals surface area contributed by atoms with Gasteiger partial charge in [0.05, 0.1) is 17.5 Å².